The SMILES string of the molecule is CC12OC(=O)C1([C@@H](O)C1C=CCCC1)NC(=O)[C@@H]2CCN=[N+]=[N-]. The fraction of sp³-hybridized carbons (Fsp3) is 0.733. The number of carbonyl (C=O) groups is 2. The number of rotatable bonds is 5. The highest BCUT2D eigenvalue weighted by Crippen LogP contribution is 2.53. The maximum Gasteiger partial charge on any atom is 0.339 e. The van der Waals surface area contributed by atoms with Gasteiger partial charge >= 0.3 is 5.97 Å². The summed E-state index contributed by atoms with van der Waals surface area (Å²) < 4.78 is 5.34. The van der Waals surface area contributed by atoms with E-state index < -0.39 is 29.1 Å². The minimum Gasteiger partial charge on any atom is -0.453 e. The molecule has 124 valence electrons. The van der Waals surface area contributed by atoms with Crippen LogP contribution in [-0.4, -0.2) is 40.8 Å². The van der Waals surface area contributed by atoms with Gasteiger partial charge in [-0.3, -0.25) is 4.79 Å². The highest BCUT2D eigenvalue weighted by Gasteiger charge is 2.79. The van der Waals surface area contributed by atoms with Crippen molar-refractivity contribution in [1.29, 1.82) is 0 Å². The van der Waals surface area contributed by atoms with Crippen molar-refractivity contribution < 1.29 is 19.4 Å². The van der Waals surface area contributed by atoms with Crippen LogP contribution in [0, 0.1) is 11.8 Å². The van der Waals surface area contributed by atoms with Gasteiger partial charge in [0.05, 0.1) is 12.0 Å². The summed E-state index contributed by atoms with van der Waals surface area (Å²) in [5, 5.41) is 17.0. The molecular weight excluding hydrogens is 300 g/mol. The average Bonchev–Trinajstić information content (AvgIpc) is 2.72. The number of ether oxygens (including phenoxy) is 1. The third kappa shape index (κ3) is 2.05. The van der Waals surface area contributed by atoms with Gasteiger partial charge in [0.25, 0.3) is 0 Å². The summed E-state index contributed by atoms with van der Waals surface area (Å²) in [6.45, 7) is 1.81. The van der Waals surface area contributed by atoms with Crippen LogP contribution in [0.2, 0.25) is 0 Å². The first kappa shape index (κ1) is 15.8. The molecule has 2 fully saturated rings. The number of aliphatic hydroxyl groups excluding tert-OH is 1. The molecule has 0 aromatic heterocycles. The van der Waals surface area contributed by atoms with Gasteiger partial charge in [0.1, 0.15) is 0 Å². The number of nitrogens with zero attached hydrogens (tertiary/aromatic N) is 3. The summed E-state index contributed by atoms with van der Waals surface area (Å²) in [6, 6.07) is 0. The van der Waals surface area contributed by atoms with Crippen molar-refractivity contribution in [3.05, 3.63) is 22.6 Å². The van der Waals surface area contributed by atoms with E-state index in [-0.39, 0.29) is 24.8 Å². The molecule has 0 spiro atoms. The third-order valence-electron chi connectivity index (χ3n) is 5.43. The van der Waals surface area contributed by atoms with Crippen molar-refractivity contribution in [2.75, 3.05) is 6.54 Å². The maximum atomic E-state index is 12.4. The van der Waals surface area contributed by atoms with Crippen LogP contribution in [0.3, 0.4) is 0 Å². The normalized spacial score (nSPS) is 39.6. The van der Waals surface area contributed by atoms with Gasteiger partial charge in [0.15, 0.2) is 5.60 Å². The lowest BCUT2D eigenvalue weighted by Gasteiger charge is -2.54. The summed E-state index contributed by atoms with van der Waals surface area (Å²) in [4.78, 5) is 27.3. The molecule has 8 heteroatoms. The fourth-order valence-corrected chi connectivity index (χ4v) is 4.11. The second-order valence-electron chi connectivity index (χ2n) is 6.56. The predicted molar refractivity (Wildman–Crippen MR) is 80.0 cm³/mol. The Bertz CT molecular complexity index is 615. The first-order valence-electron chi connectivity index (χ1n) is 7.88. The molecule has 2 heterocycles. The van der Waals surface area contributed by atoms with Crippen molar-refractivity contribution in [3.63, 3.8) is 0 Å². The van der Waals surface area contributed by atoms with Crippen LogP contribution in [0.25, 0.3) is 10.4 Å². The second-order valence-corrected chi connectivity index (χ2v) is 6.56. The molecule has 8 nitrogen and oxygen atoms in total. The highest BCUT2D eigenvalue weighted by atomic mass is 16.6. The van der Waals surface area contributed by atoms with Crippen molar-refractivity contribution in [1.82, 2.24) is 5.32 Å². The maximum absolute atomic E-state index is 12.4. The first-order chi connectivity index (χ1) is 11.0. The molecule has 5 atom stereocenters. The predicted octanol–water partition coefficient (Wildman–Crippen LogP) is 1.20. The molecule has 1 aliphatic carbocycles. The van der Waals surface area contributed by atoms with Gasteiger partial charge in [-0.1, -0.05) is 17.3 Å². The molecule has 2 saturated heterocycles. The standard InChI is InChI=1S/C15H20N4O4/c1-14-10(7-8-17-19-16)12(21)18-15(14,13(22)23-14)11(20)9-5-3-2-4-6-9/h3,5,9-11,20H,2,4,6-8H2,1H3,(H,18,21)/t9?,10-,11-,14?,15?/m0/s1. The van der Waals surface area contributed by atoms with Crippen LogP contribution in [0.4, 0.5) is 0 Å². The van der Waals surface area contributed by atoms with Gasteiger partial charge < -0.3 is 15.2 Å². The molecule has 3 unspecified atom stereocenters. The number of nitrogens with one attached hydrogen (secondary N) is 1. The van der Waals surface area contributed by atoms with Crippen LogP contribution in [0.5, 0.6) is 0 Å². The molecule has 23 heavy (non-hydrogen) atoms. The van der Waals surface area contributed by atoms with Gasteiger partial charge in [-0.25, -0.2) is 4.79 Å². The quantitative estimate of drug-likeness (QED) is 0.259. The Hall–Kier alpha value is -2.05. The van der Waals surface area contributed by atoms with Crippen molar-refractivity contribution in [2.24, 2.45) is 17.0 Å². The minimum absolute atomic E-state index is 0.136. The van der Waals surface area contributed by atoms with Gasteiger partial charge in [-0.05, 0) is 38.1 Å². The Morgan fingerprint density at radius 1 is 1.61 bits per heavy atom. The lowest BCUT2D eigenvalue weighted by Crippen LogP contribution is -2.80. The first-order valence-corrected chi connectivity index (χ1v) is 7.88. The number of aliphatic hydroxyl groups is 1. The molecule has 3 aliphatic rings. The molecule has 0 aromatic carbocycles. The third-order valence-corrected chi connectivity index (χ3v) is 5.43. The summed E-state index contributed by atoms with van der Waals surface area (Å²) in [7, 11) is 0. The molecule has 0 aromatic rings. The Labute approximate surface area is 133 Å². The van der Waals surface area contributed by atoms with E-state index in [9.17, 15) is 14.7 Å². The summed E-state index contributed by atoms with van der Waals surface area (Å²) >= 11 is 0. The van der Waals surface area contributed by atoms with E-state index in [0.717, 1.165) is 19.3 Å². The molecule has 0 radical (unpaired) electrons. The van der Waals surface area contributed by atoms with Crippen LogP contribution in [-0.2, 0) is 14.3 Å². The van der Waals surface area contributed by atoms with Crippen LogP contribution >= 0.6 is 0 Å². The zero-order valence-corrected chi connectivity index (χ0v) is 12.9. The van der Waals surface area contributed by atoms with Gasteiger partial charge in [0.2, 0.25) is 11.4 Å². The van der Waals surface area contributed by atoms with E-state index in [4.69, 9.17) is 10.3 Å². The molecule has 3 rings (SSSR count). The topological polar surface area (TPSA) is 124 Å². The van der Waals surface area contributed by atoms with Crippen molar-refractivity contribution in [3.8, 4) is 0 Å². The second kappa shape index (κ2) is 5.54. The smallest absolute Gasteiger partial charge is 0.339 e. The van der Waals surface area contributed by atoms with Crippen molar-refractivity contribution in [2.45, 2.75) is 49.9 Å². The Balaban J connectivity index is 1.89. The fourth-order valence-electron chi connectivity index (χ4n) is 4.11. The summed E-state index contributed by atoms with van der Waals surface area (Å²) in [5.74, 6) is -1.75. The molecular formula is C15H20N4O4. The molecule has 2 aliphatic heterocycles. The number of azide groups is 1. The summed E-state index contributed by atoms with van der Waals surface area (Å²) in [6.07, 6.45) is 5.81. The van der Waals surface area contributed by atoms with Crippen LogP contribution in [0.15, 0.2) is 17.3 Å². The van der Waals surface area contributed by atoms with E-state index in [2.05, 4.69) is 15.3 Å². The summed E-state index contributed by atoms with van der Waals surface area (Å²) in [5.41, 5.74) is 5.86. The zero-order valence-electron chi connectivity index (χ0n) is 12.9. The molecule has 0 bridgehead atoms. The lowest BCUT2D eigenvalue weighted by molar-refractivity contribution is -0.238. The number of allylic oxidation sites excluding steroid dienone is 1. The lowest BCUT2D eigenvalue weighted by atomic mass is 9.64. The van der Waals surface area contributed by atoms with Gasteiger partial charge in [0, 0.05) is 17.4 Å². The minimum atomic E-state index is -1.41. The highest BCUT2D eigenvalue weighted by molar-refractivity contribution is 6.01. The van der Waals surface area contributed by atoms with Gasteiger partial charge in [-0.15, -0.1) is 0 Å². The zero-order chi connectivity index (χ0) is 16.7. The Kier molecular flexibility index (Phi) is 3.82. The van der Waals surface area contributed by atoms with E-state index >= 15 is 0 Å². The van der Waals surface area contributed by atoms with Gasteiger partial charge in [-0.2, -0.15) is 0 Å². The van der Waals surface area contributed by atoms with E-state index in [0.29, 0.717) is 0 Å². The number of fused-ring (bicyclic) bond motifs is 1. The number of hydrogen-bond donors (Lipinski definition) is 2. The molecule has 0 saturated carbocycles. The van der Waals surface area contributed by atoms with Crippen LogP contribution in [0.1, 0.15) is 32.6 Å². The number of carbonyl (C=O) groups excluding carboxylic acids is 2. The van der Waals surface area contributed by atoms with E-state index in [1.54, 1.807) is 6.92 Å². The number of esters is 1. The van der Waals surface area contributed by atoms with E-state index in [1.807, 2.05) is 12.2 Å². The molecule has 1 amide bonds. The van der Waals surface area contributed by atoms with Crippen molar-refractivity contribution >= 4 is 11.9 Å². The van der Waals surface area contributed by atoms with Crippen LogP contribution < -0.4 is 5.32 Å². The molecule has 2 N–H and O–H groups in total. The Morgan fingerprint density at radius 2 is 2.39 bits per heavy atom. The largest absolute Gasteiger partial charge is 0.453 e. The van der Waals surface area contributed by atoms with E-state index in [1.165, 1.54) is 0 Å². The Morgan fingerprint density at radius 3 is 3.00 bits per heavy atom. The average molecular weight is 320 g/mol. The number of amides is 1. The monoisotopic (exact) mass is 320 g/mol. The number of hydrogen-bond acceptors (Lipinski definition) is 5.